The van der Waals surface area contributed by atoms with Crippen molar-refractivity contribution in [3.63, 3.8) is 0 Å². The van der Waals surface area contributed by atoms with E-state index in [-0.39, 0.29) is 52.9 Å². The summed E-state index contributed by atoms with van der Waals surface area (Å²) in [4.78, 5) is 42.7. The highest BCUT2D eigenvalue weighted by atomic mass is 16.8. The predicted octanol–water partition coefficient (Wildman–Crippen LogP) is 9.62. The highest BCUT2D eigenvalue weighted by molar-refractivity contribution is 5.76. The molecule has 3 aliphatic heterocycles. The Morgan fingerprint density at radius 3 is 1.06 bits per heavy atom. The first-order chi connectivity index (χ1) is 41.5. The predicted molar refractivity (Wildman–Crippen MR) is 319 cm³/mol. The van der Waals surface area contributed by atoms with Crippen LogP contribution >= 0.6 is 0 Å². The van der Waals surface area contributed by atoms with Crippen LogP contribution in [0.5, 0.6) is 0 Å². The molecule has 15 atom stereocenters. The average molecular weight is 1210 g/mol. The van der Waals surface area contributed by atoms with Crippen molar-refractivity contribution in [1.82, 2.24) is 0 Å². The van der Waals surface area contributed by atoms with Crippen molar-refractivity contribution in [2.45, 2.75) is 188 Å². The van der Waals surface area contributed by atoms with Gasteiger partial charge in [0.1, 0.15) is 42.7 Å². The smallest absolute Gasteiger partial charge is 0.311 e. The van der Waals surface area contributed by atoms with Crippen LogP contribution in [0.3, 0.4) is 0 Å². The van der Waals surface area contributed by atoms with Crippen molar-refractivity contribution in [3.05, 3.63) is 179 Å². The molecule has 3 fully saturated rings. The molecule has 0 spiro atoms. The van der Waals surface area contributed by atoms with E-state index in [0.717, 1.165) is 27.8 Å². The number of aliphatic hydroxyl groups excluding tert-OH is 2. The minimum Gasteiger partial charge on any atom is -0.456 e. The highest BCUT2D eigenvalue weighted by Gasteiger charge is 2.58. The van der Waals surface area contributed by atoms with Crippen LogP contribution in [0, 0.1) is 22.2 Å². The summed E-state index contributed by atoms with van der Waals surface area (Å²) >= 11 is 0. The van der Waals surface area contributed by atoms with Gasteiger partial charge in [-0.1, -0.05) is 159 Å². The summed E-state index contributed by atoms with van der Waals surface area (Å²) in [7, 11) is 0. The van der Waals surface area contributed by atoms with Crippen molar-refractivity contribution in [2.75, 3.05) is 19.8 Å². The number of hydrogen-bond acceptors (Lipinski definition) is 18. The lowest BCUT2D eigenvalue weighted by Gasteiger charge is -2.51. The van der Waals surface area contributed by atoms with Gasteiger partial charge in [0.25, 0.3) is 0 Å². The fourth-order valence-corrected chi connectivity index (χ4v) is 9.98. The largest absolute Gasteiger partial charge is 0.456 e. The van der Waals surface area contributed by atoms with Gasteiger partial charge in [-0.3, -0.25) is 14.4 Å². The molecule has 0 saturated carbocycles. The van der Waals surface area contributed by atoms with Gasteiger partial charge in [0.15, 0.2) is 37.2 Å². The summed E-state index contributed by atoms with van der Waals surface area (Å²) in [5, 5.41) is 24.0. The molecule has 2 N–H and O–H groups in total. The zero-order valence-electron chi connectivity index (χ0n) is 51.7. The van der Waals surface area contributed by atoms with Gasteiger partial charge in [-0.25, -0.2) is 0 Å². The fourth-order valence-electron chi connectivity index (χ4n) is 9.98. The zero-order valence-corrected chi connectivity index (χ0v) is 51.7. The molecule has 0 bridgehead atoms. The standard InChI is InChI=1S/C69H88O18/c1-44-53(70)50(41-75-36-45-26-16-11-17-27-45)81-62(54(44)85-64(72)67(2,3)4)83-56-52(43-77-38-47-30-20-13-21-31-47)82-63(60(87-66(74)69(8,9)10)58(56)79-40-49-34-24-15-25-35-49)84-55-51(42-76-37-46-28-18-12-19-29-46)80-61(71)59(86-65(73)68(5,6)7)57(55)78-39-48-32-22-14-23-33-48/h11-35,44,50-63,70-71H,36-43H2,1-10H3. The molecule has 15 unspecified atom stereocenters. The van der Waals surface area contributed by atoms with Gasteiger partial charge >= 0.3 is 17.9 Å². The Balaban J connectivity index is 1.25. The van der Waals surface area contributed by atoms with Crippen LogP contribution in [0.2, 0.25) is 0 Å². The third kappa shape index (κ3) is 19.0. The third-order valence-corrected chi connectivity index (χ3v) is 15.1. The van der Waals surface area contributed by atoms with Crippen LogP contribution in [0.4, 0.5) is 0 Å². The first kappa shape index (κ1) is 67.0. The van der Waals surface area contributed by atoms with E-state index >= 15 is 0 Å². The summed E-state index contributed by atoms with van der Waals surface area (Å²) < 4.78 is 87.0. The second-order valence-electron chi connectivity index (χ2n) is 25.6. The first-order valence-electron chi connectivity index (χ1n) is 30.0. The van der Waals surface area contributed by atoms with Gasteiger partial charge in [-0.15, -0.1) is 0 Å². The van der Waals surface area contributed by atoms with Crippen LogP contribution < -0.4 is 0 Å². The average Bonchev–Trinajstić information content (AvgIpc) is 0.957. The molecule has 0 aliphatic carbocycles. The molecule has 472 valence electrons. The number of benzene rings is 5. The number of carbonyl (C=O) groups excluding carboxylic acids is 3. The van der Waals surface area contributed by atoms with E-state index in [1.54, 1.807) is 69.2 Å². The lowest BCUT2D eigenvalue weighted by atomic mass is 9.89. The van der Waals surface area contributed by atoms with E-state index in [1.165, 1.54) is 0 Å². The summed E-state index contributed by atoms with van der Waals surface area (Å²) in [5.41, 5.74) is 0.995. The van der Waals surface area contributed by atoms with E-state index in [2.05, 4.69) is 0 Å². The van der Waals surface area contributed by atoms with Gasteiger partial charge in [-0.2, -0.15) is 0 Å². The summed E-state index contributed by atoms with van der Waals surface area (Å²) in [5.74, 6) is -2.69. The fraction of sp³-hybridized carbons (Fsp3) is 0.522. The lowest BCUT2D eigenvalue weighted by molar-refractivity contribution is -0.384. The van der Waals surface area contributed by atoms with Crippen molar-refractivity contribution >= 4 is 17.9 Å². The number of ether oxygens (including phenoxy) is 13. The van der Waals surface area contributed by atoms with Gasteiger partial charge in [0.05, 0.1) is 75.2 Å². The van der Waals surface area contributed by atoms with Crippen molar-refractivity contribution < 1.29 is 86.2 Å². The Labute approximate surface area is 511 Å². The number of rotatable bonds is 25. The molecule has 18 heteroatoms. The van der Waals surface area contributed by atoms with Gasteiger partial charge < -0.3 is 71.8 Å². The Bertz CT molecular complexity index is 2860. The van der Waals surface area contributed by atoms with Gasteiger partial charge in [-0.05, 0) is 90.1 Å². The van der Waals surface area contributed by atoms with Gasteiger partial charge in [0.2, 0.25) is 0 Å². The van der Waals surface area contributed by atoms with E-state index in [9.17, 15) is 24.6 Å². The Hall–Kier alpha value is -5.97. The van der Waals surface area contributed by atoms with E-state index in [0.29, 0.717) is 0 Å². The molecule has 5 aromatic carbocycles. The maximum atomic E-state index is 14.7. The van der Waals surface area contributed by atoms with Crippen molar-refractivity contribution in [1.29, 1.82) is 0 Å². The molecule has 3 aliphatic rings. The van der Waals surface area contributed by atoms with Crippen molar-refractivity contribution in [2.24, 2.45) is 22.2 Å². The lowest BCUT2D eigenvalue weighted by Crippen LogP contribution is -2.68. The minimum absolute atomic E-state index is 0.0321. The summed E-state index contributed by atoms with van der Waals surface area (Å²) in [6.07, 6.45) is -18.8. The topological polar surface area (TPSA) is 212 Å². The van der Waals surface area contributed by atoms with E-state index in [4.69, 9.17) is 61.6 Å². The Kier molecular flexibility index (Phi) is 23.8. The molecule has 0 radical (unpaired) electrons. The van der Waals surface area contributed by atoms with Crippen molar-refractivity contribution in [3.8, 4) is 0 Å². The second kappa shape index (κ2) is 31.0. The molecule has 0 aromatic heterocycles. The molecule has 0 amide bonds. The quantitative estimate of drug-likeness (QED) is 0.0411. The number of carbonyl (C=O) groups is 3. The van der Waals surface area contributed by atoms with E-state index < -0.39 is 126 Å². The molecule has 5 aromatic rings. The Morgan fingerprint density at radius 2 is 0.678 bits per heavy atom. The summed E-state index contributed by atoms with van der Waals surface area (Å²) in [6, 6.07) is 47.3. The van der Waals surface area contributed by atoms with E-state index in [1.807, 2.05) is 152 Å². The Morgan fingerprint density at radius 1 is 0.379 bits per heavy atom. The number of aliphatic hydroxyl groups is 2. The number of hydrogen-bond donors (Lipinski definition) is 2. The maximum absolute atomic E-state index is 14.7. The molecule has 3 saturated heterocycles. The number of esters is 3. The first-order valence-corrected chi connectivity index (χ1v) is 30.0. The summed E-state index contributed by atoms with van der Waals surface area (Å²) in [6.45, 7) is 17.0. The highest BCUT2D eigenvalue weighted by Crippen LogP contribution is 2.40. The molecular formula is C69H88O18. The van der Waals surface area contributed by atoms with Gasteiger partial charge in [0, 0.05) is 5.92 Å². The second-order valence-corrected chi connectivity index (χ2v) is 25.6. The molecule has 3 heterocycles. The molecule has 87 heavy (non-hydrogen) atoms. The van der Waals surface area contributed by atoms with Crippen LogP contribution in [0.25, 0.3) is 0 Å². The van der Waals surface area contributed by atoms with Crippen LogP contribution in [0.15, 0.2) is 152 Å². The minimum atomic E-state index is -1.74. The maximum Gasteiger partial charge on any atom is 0.311 e. The SMILES string of the molecule is CC1C(O)C(COCc2ccccc2)OC(OC2C(COCc3ccccc3)OC(OC3C(COCc4ccccc4)OC(O)C(OC(=O)C(C)(C)C)C3OCc3ccccc3)C(OC(=O)C(C)(C)C)C2OCc2ccccc2)C1OC(=O)C(C)(C)C. The van der Waals surface area contributed by atoms with Crippen LogP contribution in [-0.4, -0.2) is 134 Å². The monoisotopic (exact) mass is 1200 g/mol. The normalized spacial score (nSPS) is 27.9. The molecule has 18 nitrogen and oxygen atoms in total. The molecular weight excluding hydrogens is 1120 g/mol. The van der Waals surface area contributed by atoms with Crippen LogP contribution in [-0.2, 0) is 109 Å². The zero-order chi connectivity index (χ0) is 62.3. The van der Waals surface area contributed by atoms with Crippen LogP contribution in [0.1, 0.15) is 97.1 Å². The molecule has 8 rings (SSSR count). The third-order valence-electron chi connectivity index (χ3n) is 15.1.